The van der Waals surface area contributed by atoms with E-state index < -0.39 is 0 Å². The van der Waals surface area contributed by atoms with Crippen molar-refractivity contribution in [3.05, 3.63) is 0 Å². The molecule has 0 heterocycles. The van der Waals surface area contributed by atoms with E-state index in [-0.39, 0.29) is 12.1 Å². The van der Waals surface area contributed by atoms with E-state index in [1.54, 1.807) is 0 Å². The Morgan fingerprint density at radius 1 is 0.950 bits per heavy atom. The van der Waals surface area contributed by atoms with Crippen LogP contribution in [0.4, 0.5) is 0 Å². The van der Waals surface area contributed by atoms with Gasteiger partial charge in [-0.15, -0.1) is 0 Å². The normalized spacial score (nSPS) is 12.3. The zero-order valence-electron chi connectivity index (χ0n) is 13.2. The number of carbonyl (C=O) groups is 1. The van der Waals surface area contributed by atoms with E-state index in [0.717, 1.165) is 24.6 Å². The van der Waals surface area contributed by atoms with Crippen molar-refractivity contribution in [2.45, 2.75) is 77.7 Å². The molecule has 0 aliphatic rings. The maximum Gasteiger partial charge on any atom is 0.335 e. The molecule has 1 atom stereocenters. The Kier molecular flexibility index (Phi) is 15.2. The summed E-state index contributed by atoms with van der Waals surface area (Å²) in [4.78, 5) is 11.8. The number of carbonyl (C=O) groups excluding carboxylic acids is 1. The van der Waals surface area contributed by atoms with Crippen LogP contribution in [-0.2, 0) is 14.3 Å². The molecule has 0 fully saturated rings. The van der Waals surface area contributed by atoms with E-state index in [1.165, 1.54) is 32.1 Å². The van der Waals surface area contributed by atoms with Crippen molar-refractivity contribution in [1.29, 1.82) is 0 Å². The summed E-state index contributed by atoms with van der Waals surface area (Å²) in [6.45, 7) is 5.35. The SMILES string of the molecule is CCCCCCCCOC(CC)C(=O)OCCCCBr. The third-order valence-corrected chi connectivity index (χ3v) is 3.78. The van der Waals surface area contributed by atoms with Gasteiger partial charge in [0, 0.05) is 11.9 Å². The van der Waals surface area contributed by atoms with Crippen LogP contribution in [0, 0.1) is 0 Å². The van der Waals surface area contributed by atoms with Gasteiger partial charge in [0.2, 0.25) is 0 Å². The molecule has 1 unspecified atom stereocenters. The number of unbranched alkanes of at least 4 members (excludes halogenated alkanes) is 6. The molecule has 0 amide bonds. The van der Waals surface area contributed by atoms with Crippen molar-refractivity contribution in [3.8, 4) is 0 Å². The monoisotopic (exact) mass is 350 g/mol. The van der Waals surface area contributed by atoms with E-state index in [1.807, 2.05) is 6.92 Å². The fourth-order valence-electron chi connectivity index (χ4n) is 1.92. The zero-order chi connectivity index (χ0) is 15.1. The van der Waals surface area contributed by atoms with E-state index in [2.05, 4.69) is 22.9 Å². The molecule has 0 saturated heterocycles. The van der Waals surface area contributed by atoms with Crippen molar-refractivity contribution >= 4 is 21.9 Å². The summed E-state index contributed by atoms with van der Waals surface area (Å²) in [6, 6.07) is 0. The molecule has 0 N–H and O–H groups in total. The van der Waals surface area contributed by atoms with Crippen LogP contribution in [0.5, 0.6) is 0 Å². The fraction of sp³-hybridized carbons (Fsp3) is 0.938. The highest BCUT2D eigenvalue weighted by atomic mass is 79.9. The van der Waals surface area contributed by atoms with Gasteiger partial charge in [0.25, 0.3) is 0 Å². The molecular formula is C16H31BrO3. The maximum absolute atomic E-state index is 11.8. The van der Waals surface area contributed by atoms with E-state index in [0.29, 0.717) is 19.6 Å². The molecule has 0 saturated carbocycles. The molecule has 0 rings (SSSR count). The second-order valence-electron chi connectivity index (χ2n) is 5.10. The summed E-state index contributed by atoms with van der Waals surface area (Å²) in [6.07, 6.45) is 9.65. The first-order valence-electron chi connectivity index (χ1n) is 8.10. The number of alkyl halides is 1. The maximum atomic E-state index is 11.8. The van der Waals surface area contributed by atoms with Gasteiger partial charge < -0.3 is 9.47 Å². The van der Waals surface area contributed by atoms with Gasteiger partial charge >= 0.3 is 5.97 Å². The molecule has 0 radical (unpaired) electrons. The second-order valence-corrected chi connectivity index (χ2v) is 5.89. The molecule has 0 spiro atoms. The van der Waals surface area contributed by atoms with Crippen molar-refractivity contribution < 1.29 is 14.3 Å². The minimum absolute atomic E-state index is 0.201. The summed E-state index contributed by atoms with van der Waals surface area (Å²) in [5, 5.41) is 0.955. The van der Waals surface area contributed by atoms with Gasteiger partial charge in [-0.3, -0.25) is 0 Å². The molecule has 3 nitrogen and oxygen atoms in total. The number of esters is 1. The average Bonchev–Trinajstić information content (AvgIpc) is 2.46. The summed E-state index contributed by atoms with van der Waals surface area (Å²) < 4.78 is 10.9. The standard InChI is InChI=1S/C16H31BrO3/c1-3-5-6-7-8-10-13-19-15(4-2)16(18)20-14-11-9-12-17/h15H,3-14H2,1-2H3. The Morgan fingerprint density at radius 2 is 1.60 bits per heavy atom. The van der Waals surface area contributed by atoms with Gasteiger partial charge in [-0.1, -0.05) is 61.9 Å². The molecule has 0 aliphatic carbocycles. The fourth-order valence-corrected chi connectivity index (χ4v) is 2.32. The number of halogens is 1. The van der Waals surface area contributed by atoms with Gasteiger partial charge in [-0.05, 0) is 25.7 Å². The smallest absolute Gasteiger partial charge is 0.335 e. The lowest BCUT2D eigenvalue weighted by Crippen LogP contribution is -2.26. The second kappa shape index (κ2) is 15.3. The van der Waals surface area contributed by atoms with Gasteiger partial charge in [-0.2, -0.15) is 0 Å². The summed E-state index contributed by atoms with van der Waals surface area (Å²) >= 11 is 3.36. The lowest BCUT2D eigenvalue weighted by Gasteiger charge is -2.15. The quantitative estimate of drug-likeness (QED) is 0.255. The third-order valence-electron chi connectivity index (χ3n) is 3.22. The molecule has 0 aromatic carbocycles. The predicted molar refractivity (Wildman–Crippen MR) is 87.4 cm³/mol. The molecule has 0 aromatic rings. The van der Waals surface area contributed by atoms with Crippen LogP contribution in [0.25, 0.3) is 0 Å². The van der Waals surface area contributed by atoms with E-state index in [4.69, 9.17) is 9.47 Å². The summed E-state index contributed by atoms with van der Waals surface area (Å²) in [5.74, 6) is -0.201. The number of hydrogen-bond acceptors (Lipinski definition) is 3. The van der Waals surface area contributed by atoms with Crippen LogP contribution in [0.1, 0.15) is 71.6 Å². The largest absolute Gasteiger partial charge is 0.464 e. The molecule has 4 heteroatoms. The van der Waals surface area contributed by atoms with Gasteiger partial charge in [0.1, 0.15) is 0 Å². The minimum Gasteiger partial charge on any atom is -0.464 e. The molecule has 0 aromatic heterocycles. The van der Waals surface area contributed by atoms with Crippen LogP contribution >= 0.6 is 15.9 Å². The number of rotatable bonds is 14. The number of hydrogen-bond donors (Lipinski definition) is 0. The average molecular weight is 351 g/mol. The minimum atomic E-state index is -0.380. The van der Waals surface area contributed by atoms with Crippen molar-refractivity contribution in [1.82, 2.24) is 0 Å². The van der Waals surface area contributed by atoms with Crippen molar-refractivity contribution in [3.63, 3.8) is 0 Å². The van der Waals surface area contributed by atoms with Crippen LogP contribution in [0.15, 0.2) is 0 Å². The van der Waals surface area contributed by atoms with Gasteiger partial charge in [0.05, 0.1) is 6.61 Å². The van der Waals surface area contributed by atoms with Crippen LogP contribution in [-0.4, -0.2) is 30.6 Å². The van der Waals surface area contributed by atoms with Gasteiger partial charge in [0.15, 0.2) is 6.10 Å². The molecular weight excluding hydrogens is 320 g/mol. The zero-order valence-corrected chi connectivity index (χ0v) is 14.8. The van der Waals surface area contributed by atoms with E-state index >= 15 is 0 Å². The van der Waals surface area contributed by atoms with Crippen molar-refractivity contribution in [2.75, 3.05) is 18.5 Å². The Labute approximate surface area is 132 Å². The Bertz CT molecular complexity index is 222. The first-order chi connectivity index (χ1) is 9.76. The Balaban J connectivity index is 3.56. The topological polar surface area (TPSA) is 35.5 Å². The molecule has 0 aliphatic heterocycles. The van der Waals surface area contributed by atoms with Crippen LogP contribution in [0.3, 0.4) is 0 Å². The summed E-state index contributed by atoms with van der Waals surface area (Å²) in [5.41, 5.74) is 0. The highest BCUT2D eigenvalue weighted by molar-refractivity contribution is 9.09. The third kappa shape index (κ3) is 11.7. The Morgan fingerprint density at radius 3 is 2.25 bits per heavy atom. The lowest BCUT2D eigenvalue weighted by molar-refractivity contribution is -0.157. The predicted octanol–water partition coefficient (Wildman–Crippen LogP) is 4.86. The van der Waals surface area contributed by atoms with Crippen LogP contribution in [0.2, 0.25) is 0 Å². The van der Waals surface area contributed by atoms with E-state index in [9.17, 15) is 4.79 Å². The molecule has 0 bridgehead atoms. The van der Waals surface area contributed by atoms with Gasteiger partial charge in [-0.25, -0.2) is 4.79 Å². The summed E-state index contributed by atoms with van der Waals surface area (Å²) in [7, 11) is 0. The first-order valence-corrected chi connectivity index (χ1v) is 9.22. The van der Waals surface area contributed by atoms with Crippen molar-refractivity contribution in [2.24, 2.45) is 0 Å². The van der Waals surface area contributed by atoms with Crippen LogP contribution < -0.4 is 0 Å². The molecule has 20 heavy (non-hydrogen) atoms. The molecule has 120 valence electrons. The highest BCUT2D eigenvalue weighted by Gasteiger charge is 2.18. The highest BCUT2D eigenvalue weighted by Crippen LogP contribution is 2.08. The first kappa shape index (κ1) is 19.9. The Hall–Kier alpha value is -0.0900. The number of ether oxygens (including phenoxy) is 2. The lowest BCUT2D eigenvalue weighted by atomic mass is 10.1.